The molecule has 0 aliphatic carbocycles. The third-order valence-electron chi connectivity index (χ3n) is 3.00. The molecule has 0 radical (unpaired) electrons. The van der Waals surface area contributed by atoms with Gasteiger partial charge in [-0.3, -0.25) is 14.4 Å². The first-order valence-electron chi connectivity index (χ1n) is 7.16. The molecule has 0 spiro atoms. The predicted octanol–water partition coefficient (Wildman–Crippen LogP) is 0.806. The monoisotopic (exact) mass is 347 g/mol. The topological polar surface area (TPSA) is 111 Å². The van der Waals surface area contributed by atoms with Crippen molar-refractivity contribution in [1.82, 2.24) is 10.3 Å². The number of nitrogens with one attached hydrogen (secondary N) is 1. The van der Waals surface area contributed by atoms with Gasteiger partial charge < -0.3 is 15.8 Å². The standard InChI is InChI=1S/C16H17N3O4S/c1-10-2-4-11(5-3-10)16-19-12(9-24-16)6-15(22)23-8-14(21)18-7-13(17)20/h2-5,9H,6-8H2,1H3,(H2,17,20)(H,18,21). The number of esters is 1. The number of amides is 2. The number of nitrogens with zero attached hydrogens (tertiary/aromatic N) is 1. The minimum atomic E-state index is -0.666. The number of thiazole rings is 1. The van der Waals surface area contributed by atoms with E-state index in [1.807, 2.05) is 31.2 Å². The lowest BCUT2D eigenvalue weighted by molar-refractivity contribution is -0.148. The lowest BCUT2D eigenvalue weighted by Crippen LogP contribution is -2.36. The lowest BCUT2D eigenvalue weighted by atomic mass is 10.2. The maximum Gasteiger partial charge on any atom is 0.312 e. The second-order valence-electron chi connectivity index (χ2n) is 5.09. The van der Waals surface area contributed by atoms with Gasteiger partial charge in [0.1, 0.15) is 5.01 Å². The van der Waals surface area contributed by atoms with Crippen molar-refractivity contribution in [2.45, 2.75) is 13.3 Å². The van der Waals surface area contributed by atoms with Crippen molar-refractivity contribution in [3.8, 4) is 10.6 Å². The summed E-state index contributed by atoms with van der Waals surface area (Å²) < 4.78 is 4.83. The van der Waals surface area contributed by atoms with Crippen LogP contribution in [-0.2, 0) is 25.5 Å². The Morgan fingerprint density at radius 2 is 1.96 bits per heavy atom. The average molecular weight is 347 g/mol. The second kappa shape index (κ2) is 8.21. The zero-order chi connectivity index (χ0) is 17.5. The van der Waals surface area contributed by atoms with Crippen LogP contribution in [0, 0.1) is 6.92 Å². The van der Waals surface area contributed by atoms with E-state index in [2.05, 4.69) is 10.3 Å². The average Bonchev–Trinajstić information content (AvgIpc) is 3.00. The van der Waals surface area contributed by atoms with Crippen LogP contribution in [0.4, 0.5) is 0 Å². The molecule has 0 saturated carbocycles. The fraction of sp³-hybridized carbons (Fsp3) is 0.250. The van der Waals surface area contributed by atoms with E-state index >= 15 is 0 Å². The van der Waals surface area contributed by atoms with E-state index < -0.39 is 24.4 Å². The largest absolute Gasteiger partial charge is 0.455 e. The number of rotatable bonds is 7. The Kier molecular flexibility index (Phi) is 6.02. The number of hydrogen-bond donors (Lipinski definition) is 2. The molecule has 0 bridgehead atoms. The van der Waals surface area contributed by atoms with Crippen molar-refractivity contribution in [2.24, 2.45) is 5.73 Å². The van der Waals surface area contributed by atoms with Crippen molar-refractivity contribution in [3.63, 3.8) is 0 Å². The highest BCUT2D eigenvalue weighted by atomic mass is 32.1. The third kappa shape index (κ3) is 5.47. The normalized spacial score (nSPS) is 10.2. The molecular weight excluding hydrogens is 330 g/mol. The van der Waals surface area contributed by atoms with Crippen molar-refractivity contribution < 1.29 is 19.1 Å². The maximum absolute atomic E-state index is 11.7. The Bertz CT molecular complexity index is 740. The van der Waals surface area contributed by atoms with Gasteiger partial charge in [-0.05, 0) is 6.92 Å². The summed E-state index contributed by atoms with van der Waals surface area (Å²) in [7, 11) is 0. The maximum atomic E-state index is 11.7. The SMILES string of the molecule is Cc1ccc(-c2nc(CC(=O)OCC(=O)NCC(N)=O)cs2)cc1. The number of hydrogen-bond acceptors (Lipinski definition) is 6. The molecule has 24 heavy (non-hydrogen) atoms. The molecule has 1 aromatic carbocycles. The van der Waals surface area contributed by atoms with Crippen LogP contribution in [0.1, 0.15) is 11.3 Å². The number of aryl methyl sites for hydroxylation is 1. The van der Waals surface area contributed by atoms with Gasteiger partial charge in [-0.1, -0.05) is 29.8 Å². The molecular formula is C16H17N3O4S. The molecule has 0 fully saturated rings. The van der Waals surface area contributed by atoms with Gasteiger partial charge in [0.15, 0.2) is 6.61 Å². The van der Waals surface area contributed by atoms with Gasteiger partial charge in [0.05, 0.1) is 18.7 Å². The van der Waals surface area contributed by atoms with Crippen molar-refractivity contribution >= 4 is 29.1 Å². The Labute approximate surface area is 142 Å². The molecule has 7 nitrogen and oxygen atoms in total. The summed E-state index contributed by atoms with van der Waals surface area (Å²) in [5, 5.41) is 4.83. The van der Waals surface area contributed by atoms with Gasteiger partial charge in [0.2, 0.25) is 5.91 Å². The number of ether oxygens (including phenoxy) is 1. The molecule has 8 heteroatoms. The third-order valence-corrected chi connectivity index (χ3v) is 3.94. The molecule has 0 aliphatic heterocycles. The molecule has 0 saturated heterocycles. The van der Waals surface area contributed by atoms with Crippen molar-refractivity contribution in [1.29, 1.82) is 0 Å². The fourth-order valence-electron chi connectivity index (χ4n) is 1.80. The molecule has 0 unspecified atom stereocenters. The van der Waals surface area contributed by atoms with Crippen LogP contribution in [0.2, 0.25) is 0 Å². The van der Waals surface area contributed by atoms with Crippen LogP contribution < -0.4 is 11.1 Å². The van der Waals surface area contributed by atoms with E-state index in [0.29, 0.717) is 5.69 Å². The Hall–Kier alpha value is -2.74. The van der Waals surface area contributed by atoms with Gasteiger partial charge in [0.25, 0.3) is 5.91 Å². The van der Waals surface area contributed by atoms with Crippen molar-refractivity contribution in [2.75, 3.05) is 13.2 Å². The first-order valence-corrected chi connectivity index (χ1v) is 8.04. The molecule has 1 heterocycles. The highest BCUT2D eigenvalue weighted by Crippen LogP contribution is 2.24. The van der Waals surface area contributed by atoms with Crippen LogP contribution in [0.3, 0.4) is 0 Å². The van der Waals surface area contributed by atoms with E-state index in [1.165, 1.54) is 11.3 Å². The lowest BCUT2D eigenvalue weighted by Gasteiger charge is -2.04. The Morgan fingerprint density at radius 3 is 2.62 bits per heavy atom. The number of carbonyl (C=O) groups excluding carboxylic acids is 3. The number of nitrogens with two attached hydrogens (primary N) is 1. The van der Waals surface area contributed by atoms with E-state index in [1.54, 1.807) is 5.38 Å². The molecule has 0 atom stereocenters. The number of benzene rings is 1. The summed E-state index contributed by atoms with van der Waals surface area (Å²) in [6.07, 6.45) is -0.0224. The first-order chi connectivity index (χ1) is 11.4. The number of aromatic nitrogens is 1. The van der Waals surface area contributed by atoms with Crippen LogP contribution in [0.25, 0.3) is 10.6 Å². The molecule has 126 valence electrons. The molecule has 2 rings (SSSR count). The summed E-state index contributed by atoms with van der Waals surface area (Å²) in [4.78, 5) is 37.9. The minimum absolute atomic E-state index is 0.0224. The van der Waals surface area contributed by atoms with Gasteiger partial charge in [-0.2, -0.15) is 0 Å². The number of carbonyl (C=O) groups is 3. The summed E-state index contributed by atoms with van der Waals surface area (Å²) >= 11 is 1.44. The summed E-state index contributed by atoms with van der Waals surface area (Å²) in [6.45, 7) is 1.26. The number of primary amides is 1. The molecule has 0 aliphatic rings. The van der Waals surface area contributed by atoms with E-state index in [9.17, 15) is 14.4 Å². The predicted molar refractivity (Wildman–Crippen MR) is 89.2 cm³/mol. The van der Waals surface area contributed by atoms with E-state index in [-0.39, 0.29) is 13.0 Å². The first kappa shape index (κ1) is 17.6. The van der Waals surface area contributed by atoms with Gasteiger partial charge in [0, 0.05) is 10.9 Å². The van der Waals surface area contributed by atoms with Crippen molar-refractivity contribution in [3.05, 3.63) is 40.9 Å². The van der Waals surface area contributed by atoms with Gasteiger partial charge >= 0.3 is 5.97 Å². The van der Waals surface area contributed by atoms with Gasteiger partial charge in [-0.25, -0.2) is 4.98 Å². The van der Waals surface area contributed by atoms with Crippen LogP contribution in [0.15, 0.2) is 29.6 Å². The zero-order valence-electron chi connectivity index (χ0n) is 13.1. The zero-order valence-corrected chi connectivity index (χ0v) is 13.9. The summed E-state index contributed by atoms with van der Waals surface area (Å²) in [6, 6.07) is 7.93. The molecule has 1 aromatic heterocycles. The summed E-state index contributed by atoms with van der Waals surface area (Å²) in [5.41, 5.74) is 7.61. The Balaban J connectivity index is 1.83. The smallest absolute Gasteiger partial charge is 0.312 e. The van der Waals surface area contributed by atoms with Crippen LogP contribution in [-0.4, -0.2) is 35.9 Å². The van der Waals surface area contributed by atoms with E-state index in [0.717, 1.165) is 16.1 Å². The van der Waals surface area contributed by atoms with Crippen LogP contribution in [0.5, 0.6) is 0 Å². The van der Waals surface area contributed by atoms with E-state index in [4.69, 9.17) is 10.5 Å². The Morgan fingerprint density at radius 1 is 1.25 bits per heavy atom. The second-order valence-corrected chi connectivity index (χ2v) is 5.95. The molecule has 3 N–H and O–H groups in total. The minimum Gasteiger partial charge on any atom is -0.455 e. The summed E-state index contributed by atoms with van der Waals surface area (Å²) in [5.74, 6) is -1.81. The van der Waals surface area contributed by atoms with Gasteiger partial charge in [-0.15, -0.1) is 11.3 Å². The van der Waals surface area contributed by atoms with Crippen LogP contribution >= 0.6 is 11.3 Å². The highest BCUT2D eigenvalue weighted by Gasteiger charge is 2.12. The quantitative estimate of drug-likeness (QED) is 0.720. The fourth-order valence-corrected chi connectivity index (χ4v) is 2.62. The highest BCUT2D eigenvalue weighted by molar-refractivity contribution is 7.13. The molecule has 2 aromatic rings. The molecule has 2 amide bonds.